The molecule has 3 rings (SSSR count). The van der Waals surface area contributed by atoms with Gasteiger partial charge in [-0.2, -0.15) is 0 Å². The van der Waals surface area contributed by atoms with E-state index in [0.717, 1.165) is 84.0 Å². The predicted molar refractivity (Wildman–Crippen MR) is 371 cm³/mol. The number of rotatable bonds is 60. The highest BCUT2D eigenvalue weighted by molar-refractivity contribution is 5.77. The van der Waals surface area contributed by atoms with Crippen LogP contribution in [0, 0.1) is 0 Å². The number of carbonyl (C=O) groups excluding carboxylic acids is 2. The summed E-state index contributed by atoms with van der Waals surface area (Å²) in [6, 6.07) is -2.53. The van der Waals surface area contributed by atoms with Crippen molar-refractivity contribution >= 4 is 17.8 Å². The highest BCUT2D eigenvalue weighted by atomic mass is 16.8. The van der Waals surface area contributed by atoms with Crippen LogP contribution >= 0.6 is 0 Å². The van der Waals surface area contributed by atoms with Crippen LogP contribution in [0.2, 0.25) is 0 Å². The van der Waals surface area contributed by atoms with Crippen LogP contribution in [0.4, 0.5) is 0 Å². The lowest BCUT2D eigenvalue weighted by molar-refractivity contribution is -0.386. The van der Waals surface area contributed by atoms with E-state index in [1.165, 1.54) is 173 Å². The lowest BCUT2D eigenvalue weighted by Crippen LogP contribution is -2.70. The fourth-order valence-electron chi connectivity index (χ4n) is 13.6. The summed E-state index contributed by atoms with van der Waals surface area (Å²) in [5, 5.41) is 136. The molecule has 23 nitrogen and oxygen atoms in total. The molecule has 14 N–H and O–H groups in total. The molecule has 0 spiro atoms. The number of carboxylic acids is 1. The molecule has 0 aromatic rings. The number of carbonyl (C=O) groups is 3. The maximum Gasteiger partial charge on any atom is 0.364 e. The summed E-state index contributed by atoms with van der Waals surface area (Å²) in [7, 11) is 0. The summed E-state index contributed by atoms with van der Waals surface area (Å²) in [6.45, 7) is 2.24. The highest BCUT2D eigenvalue weighted by Crippen LogP contribution is 2.39. The minimum Gasteiger partial charge on any atom is -0.477 e. The summed E-state index contributed by atoms with van der Waals surface area (Å²) >= 11 is 0. The molecule has 3 aliphatic heterocycles. The first-order valence-corrected chi connectivity index (χ1v) is 38.5. The standard InChI is InChI=1S/C74H138N2O21/c1-4-6-8-10-12-14-16-18-20-22-24-26-28-29-31-33-35-37-39-41-43-45-47-56(81)55(76-61(84)48-46-44-42-40-38-36-34-32-30-27-25-23-21-19-17-15-13-11-9-7-5-2)53-92-71-66(88)65(87)68(60(52-79)94-71)95-72-67(89)70(64(86)59(51-78)93-72)97-74(73(90)91)49-57(82)62(75-54(3)80)69(96-74)63(85)58(83)50-77/h27,30,55-60,62-72,77-79,81-83,85-89H,4-26,28-29,31-53H2,1-3H3,(H,75,80)(H,76,84)(H,90,91)/b30-27-. The molecule has 0 saturated carbocycles. The van der Waals surface area contributed by atoms with Crippen LogP contribution in [-0.4, -0.2) is 215 Å². The smallest absolute Gasteiger partial charge is 0.364 e. The van der Waals surface area contributed by atoms with E-state index < -0.39 is 148 Å². The molecule has 97 heavy (non-hydrogen) atoms. The third-order valence-electron chi connectivity index (χ3n) is 19.7. The topological polar surface area (TPSA) is 373 Å². The van der Waals surface area contributed by atoms with Crippen LogP contribution in [0.25, 0.3) is 0 Å². The molecule has 3 heterocycles. The van der Waals surface area contributed by atoms with E-state index in [4.69, 9.17) is 28.4 Å². The van der Waals surface area contributed by atoms with Crippen molar-refractivity contribution < 1.29 is 104 Å². The van der Waals surface area contributed by atoms with Gasteiger partial charge >= 0.3 is 5.97 Å². The molecular weight excluding hydrogens is 1250 g/mol. The Morgan fingerprint density at radius 3 is 1.39 bits per heavy atom. The summed E-state index contributed by atoms with van der Waals surface area (Å²) in [5.41, 5.74) is 0. The SMILES string of the molecule is CCCCCCCCCCCC/C=C\CCCCCCCCCC(=O)NC(COC1OC(CO)C(OC2OC(CO)C(O)C(OC3(C(=O)O)CC(O)C(NC(C)=O)C(C(O)C(O)CO)O3)C2O)C(O)C1O)C(O)CCCCCCCCCCCCCCCCCCCCCCCC. The van der Waals surface area contributed by atoms with Crippen LogP contribution in [0.5, 0.6) is 0 Å². The molecule has 0 radical (unpaired) electrons. The Balaban J connectivity index is 1.55. The van der Waals surface area contributed by atoms with E-state index in [2.05, 4.69) is 36.6 Å². The van der Waals surface area contributed by atoms with E-state index >= 15 is 0 Å². The van der Waals surface area contributed by atoms with Gasteiger partial charge in [0.15, 0.2) is 12.6 Å². The fraction of sp³-hybridized carbons (Fsp3) is 0.932. The molecule has 570 valence electrons. The van der Waals surface area contributed by atoms with Crippen molar-refractivity contribution in [1.82, 2.24) is 10.6 Å². The molecule has 0 aliphatic carbocycles. The highest BCUT2D eigenvalue weighted by Gasteiger charge is 2.60. The number of nitrogens with one attached hydrogen (secondary N) is 2. The zero-order valence-corrected chi connectivity index (χ0v) is 60.0. The molecule has 18 atom stereocenters. The van der Waals surface area contributed by atoms with Crippen molar-refractivity contribution in [2.24, 2.45) is 0 Å². The van der Waals surface area contributed by atoms with Gasteiger partial charge in [0.25, 0.3) is 5.79 Å². The number of allylic oxidation sites excluding steroid dienone is 2. The molecular formula is C74H138N2O21. The van der Waals surface area contributed by atoms with Crippen molar-refractivity contribution in [3.63, 3.8) is 0 Å². The number of aliphatic carboxylic acids is 1. The first-order valence-electron chi connectivity index (χ1n) is 38.5. The second-order valence-electron chi connectivity index (χ2n) is 28.2. The molecule has 3 aliphatic rings. The van der Waals surface area contributed by atoms with Gasteiger partial charge in [0.05, 0.1) is 50.7 Å². The number of ether oxygens (including phenoxy) is 6. The summed E-state index contributed by atoms with van der Waals surface area (Å²) in [6.07, 6.45) is 26.3. The largest absolute Gasteiger partial charge is 0.477 e. The first kappa shape index (κ1) is 88.7. The molecule has 0 bridgehead atoms. The van der Waals surface area contributed by atoms with Crippen molar-refractivity contribution in [3.8, 4) is 0 Å². The van der Waals surface area contributed by atoms with E-state index in [1.807, 2.05) is 0 Å². The van der Waals surface area contributed by atoms with Gasteiger partial charge < -0.3 is 100 Å². The Morgan fingerprint density at radius 1 is 0.526 bits per heavy atom. The monoisotopic (exact) mass is 1390 g/mol. The second-order valence-corrected chi connectivity index (χ2v) is 28.2. The van der Waals surface area contributed by atoms with Gasteiger partial charge in [0.1, 0.15) is 67.1 Å². The molecule has 0 aromatic heterocycles. The number of amides is 2. The van der Waals surface area contributed by atoms with Crippen LogP contribution in [0.3, 0.4) is 0 Å². The quantitative estimate of drug-likeness (QED) is 0.0199. The number of unbranched alkanes of at least 4 members (excludes halogenated alkanes) is 38. The van der Waals surface area contributed by atoms with Crippen molar-refractivity contribution in [3.05, 3.63) is 12.2 Å². The lowest BCUT2D eigenvalue weighted by Gasteiger charge is -2.50. The molecule has 2 amide bonds. The number of carboxylic acid groups (broad SMARTS) is 1. The number of aliphatic hydroxyl groups is 11. The van der Waals surface area contributed by atoms with Gasteiger partial charge in [-0.15, -0.1) is 0 Å². The number of hydrogen-bond acceptors (Lipinski definition) is 20. The predicted octanol–water partition coefficient (Wildman–Crippen LogP) is 9.02. The maximum absolute atomic E-state index is 13.5. The molecule has 0 aromatic carbocycles. The minimum absolute atomic E-state index is 0.220. The number of hydrogen-bond donors (Lipinski definition) is 14. The minimum atomic E-state index is -3.08. The third-order valence-corrected chi connectivity index (χ3v) is 19.7. The van der Waals surface area contributed by atoms with Gasteiger partial charge in [-0.3, -0.25) is 9.59 Å². The van der Waals surface area contributed by atoms with Crippen LogP contribution in [-0.2, 0) is 42.8 Å². The van der Waals surface area contributed by atoms with E-state index in [-0.39, 0.29) is 18.9 Å². The van der Waals surface area contributed by atoms with E-state index in [9.17, 15) is 75.7 Å². The normalized spacial score (nSPS) is 27.4. The van der Waals surface area contributed by atoms with Crippen LogP contribution in [0.15, 0.2) is 12.2 Å². The third kappa shape index (κ3) is 35.5. The lowest BCUT2D eigenvalue weighted by atomic mass is 9.88. The summed E-state index contributed by atoms with van der Waals surface area (Å²) in [4.78, 5) is 38.7. The number of aliphatic hydroxyl groups excluding tert-OH is 11. The van der Waals surface area contributed by atoms with Gasteiger partial charge in [0.2, 0.25) is 11.8 Å². The molecule has 3 saturated heterocycles. The first-order chi connectivity index (χ1) is 46.9. The summed E-state index contributed by atoms with van der Waals surface area (Å²) < 4.78 is 34.9. The molecule has 3 fully saturated rings. The molecule has 23 heteroatoms. The fourth-order valence-corrected chi connectivity index (χ4v) is 13.6. The zero-order chi connectivity index (χ0) is 71.1. The van der Waals surface area contributed by atoms with Gasteiger partial charge in [0, 0.05) is 19.8 Å². The van der Waals surface area contributed by atoms with Crippen LogP contribution in [0.1, 0.15) is 303 Å². The van der Waals surface area contributed by atoms with Crippen molar-refractivity contribution in [2.75, 3.05) is 26.4 Å². The zero-order valence-electron chi connectivity index (χ0n) is 60.0. The van der Waals surface area contributed by atoms with Gasteiger partial charge in [-0.1, -0.05) is 257 Å². The van der Waals surface area contributed by atoms with E-state index in [0.29, 0.717) is 19.3 Å². The Kier molecular flexibility index (Phi) is 49.5. The van der Waals surface area contributed by atoms with Crippen molar-refractivity contribution in [2.45, 2.75) is 413 Å². The van der Waals surface area contributed by atoms with Crippen LogP contribution < -0.4 is 10.6 Å². The maximum atomic E-state index is 13.5. The molecule has 18 unspecified atom stereocenters. The Labute approximate surface area is 581 Å². The van der Waals surface area contributed by atoms with Gasteiger partial charge in [-0.25, -0.2) is 4.79 Å². The Hall–Kier alpha value is -2.53. The van der Waals surface area contributed by atoms with Gasteiger partial charge in [-0.05, 0) is 38.5 Å². The average molecular weight is 1390 g/mol. The Morgan fingerprint density at radius 2 is 0.959 bits per heavy atom. The Bertz CT molecular complexity index is 2000. The van der Waals surface area contributed by atoms with Crippen molar-refractivity contribution in [1.29, 1.82) is 0 Å². The average Bonchev–Trinajstić information content (AvgIpc) is 0.758. The van der Waals surface area contributed by atoms with E-state index in [1.54, 1.807) is 0 Å². The summed E-state index contributed by atoms with van der Waals surface area (Å²) in [5.74, 6) is -6.10. The second kappa shape index (κ2) is 54.2.